The standard InChI is InChI=1S/C25H24FN5O4/c26-17-3-5-18(6-4-17)31-10-7-19-21(31)28-15-30(23(19)32)14-25(34)8-11-29(12-9-25)24(33)20-13-27-22(35-20)16-1-2-16/h3-7,10,13,15-16,34H,1-2,8-9,11-12,14H2. The van der Waals surface area contributed by atoms with Crippen LogP contribution in [0.1, 0.15) is 48.0 Å². The van der Waals surface area contributed by atoms with E-state index in [2.05, 4.69) is 9.97 Å². The number of piperidine rings is 1. The molecule has 1 amide bonds. The summed E-state index contributed by atoms with van der Waals surface area (Å²) in [6.45, 7) is 0.771. The summed E-state index contributed by atoms with van der Waals surface area (Å²) >= 11 is 0. The molecular formula is C25H24FN5O4. The zero-order chi connectivity index (χ0) is 24.2. The van der Waals surface area contributed by atoms with Crippen molar-refractivity contribution in [1.82, 2.24) is 24.0 Å². The highest BCUT2D eigenvalue weighted by Gasteiger charge is 2.36. The largest absolute Gasteiger partial charge is 0.435 e. The zero-order valence-corrected chi connectivity index (χ0v) is 18.9. The number of oxazole rings is 1. The third kappa shape index (κ3) is 4.03. The van der Waals surface area contributed by atoms with Crippen molar-refractivity contribution in [2.24, 2.45) is 0 Å². The molecule has 4 heterocycles. The maximum Gasteiger partial charge on any atom is 0.291 e. The number of rotatable bonds is 5. The minimum Gasteiger partial charge on any atom is -0.435 e. The molecule has 1 aliphatic carbocycles. The molecule has 1 aromatic carbocycles. The van der Waals surface area contributed by atoms with Gasteiger partial charge in [-0.1, -0.05) is 0 Å². The third-order valence-electron chi connectivity index (χ3n) is 6.88. The number of likely N-dealkylation sites (tertiary alicyclic amines) is 1. The Morgan fingerprint density at radius 1 is 1.14 bits per heavy atom. The zero-order valence-electron chi connectivity index (χ0n) is 18.9. The normalized spacial score (nSPS) is 17.7. The second kappa shape index (κ2) is 8.16. The van der Waals surface area contributed by atoms with Gasteiger partial charge < -0.3 is 19.0 Å². The molecule has 6 rings (SSSR count). The highest BCUT2D eigenvalue weighted by Crippen LogP contribution is 2.39. The smallest absolute Gasteiger partial charge is 0.291 e. The van der Waals surface area contributed by atoms with Crippen LogP contribution < -0.4 is 5.56 Å². The lowest BCUT2D eigenvalue weighted by molar-refractivity contribution is -0.0304. The van der Waals surface area contributed by atoms with Crippen LogP contribution in [-0.2, 0) is 6.54 Å². The summed E-state index contributed by atoms with van der Waals surface area (Å²) in [7, 11) is 0. The third-order valence-corrected chi connectivity index (χ3v) is 6.88. The Kier molecular flexibility index (Phi) is 5.06. The average Bonchev–Trinajstić information content (AvgIpc) is 3.42. The molecule has 2 aliphatic rings. The van der Waals surface area contributed by atoms with Gasteiger partial charge in [0.2, 0.25) is 5.76 Å². The molecule has 1 saturated carbocycles. The predicted molar refractivity (Wildman–Crippen MR) is 124 cm³/mol. The van der Waals surface area contributed by atoms with Crippen molar-refractivity contribution in [3.63, 3.8) is 0 Å². The fourth-order valence-corrected chi connectivity index (χ4v) is 4.64. The minimum atomic E-state index is -1.14. The minimum absolute atomic E-state index is 0.0761. The summed E-state index contributed by atoms with van der Waals surface area (Å²) in [6, 6.07) is 7.60. The van der Waals surface area contributed by atoms with E-state index in [9.17, 15) is 19.1 Å². The van der Waals surface area contributed by atoms with E-state index in [4.69, 9.17) is 4.42 Å². The molecule has 180 valence electrons. The number of aliphatic hydroxyl groups is 1. The van der Waals surface area contributed by atoms with Crippen LogP contribution in [0.15, 0.2) is 58.3 Å². The van der Waals surface area contributed by atoms with Gasteiger partial charge in [0.15, 0.2) is 11.5 Å². The molecule has 0 bridgehead atoms. The van der Waals surface area contributed by atoms with Crippen molar-refractivity contribution >= 4 is 16.9 Å². The Morgan fingerprint density at radius 2 is 1.89 bits per heavy atom. The van der Waals surface area contributed by atoms with Gasteiger partial charge in [-0.2, -0.15) is 0 Å². The molecule has 1 N–H and O–H groups in total. The molecule has 1 saturated heterocycles. The Balaban J connectivity index is 1.16. The number of hydrogen-bond donors (Lipinski definition) is 1. The van der Waals surface area contributed by atoms with Gasteiger partial charge in [0.1, 0.15) is 12.1 Å². The summed E-state index contributed by atoms with van der Waals surface area (Å²) in [4.78, 5) is 36.2. The number of carbonyl (C=O) groups is 1. The molecule has 0 radical (unpaired) electrons. The maximum absolute atomic E-state index is 13.3. The van der Waals surface area contributed by atoms with Crippen LogP contribution in [-0.4, -0.2) is 53.7 Å². The SMILES string of the molecule is O=C(c1cnc(C2CC2)o1)N1CCC(O)(Cn2cnc3c(ccn3-c3ccc(F)cc3)c2=O)CC1. The molecule has 0 spiro atoms. The monoisotopic (exact) mass is 477 g/mol. The van der Waals surface area contributed by atoms with Crippen molar-refractivity contribution in [3.05, 3.63) is 76.9 Å². The molecule has 2 fully saturated rings. The van der Waals surface area contributed by atoms with Crippen LogP contribution >= 0.6 is 0 Å². The second-order valence-corrected chi connectivity index (χ2v) is 9.43. The van der Waals surface area contributed by atoms with Gasteiger partial charge in [0.25, 0.3) is 11.5 Å². The Labute approximate surface area is 199 Å². The number of halogens is 1. The van der Waals surface area contributed by atoms with Gasteiger partial charge in [-0.05, 0) is 56.0 Å². The van der Waals surface area contributed by atoms with Gasteiger partial charge >= 0.3 is 0 Å². The number of carbonyl (C=O) groups excluding carboxylic acids is 1. The van der Waals surface area contributed by atoms with Crippen LogP contribution in [0.2, 0.25) is 0 Å². The molecule has 0 unspecified atom stereocenters. The van der Waals surface area contributed by atoms with E-state index in [0.29, 0.717) is 54.5 Å². The lowest BCUT2D eigenvalue weighted by Crippen LogP contribution is -2.49. The van der Waals surface area contributed by atoms with Crippen molar-refractivity contribution in [2.75, 3.05) is 13.1 Å². The molecule has 3 aromatic heterocycles. The molecule has 9 nitrogen and oxygen atoms in total. The summed E-state index contributed by atoms with van der Waals surface area (Å²) in [5, 5.41) is 11.6. The highest BCUT2D eigenvalue weighted by molar-refractivity contribution is 5.91. The van der Waals surface area contributed by atoms with Crippen LogP contribution in [0.4, 0.5) is 4.39 Å². The Morgan fingerprint density at radius 3 is 2.60 bits per heavy atom. The number of amides is 1. The fraction of sp³-hybridized carbons (Fsp3) is 0.360. The predicted octanol–water partition coefficient (Wildman–Crippen LogP) is 2.86. The molecule has 10 heteroatoms. The fourth-order valence-electron chi connectivity index (χ4n) is 4.64. The van der Waals surface area contributed by atoms with E-state index in [0.717, 1.165) is 12.8 Å². The van der Waals surface area contributed by atoms with Crippen molar-refractivity contribution in [1.29, 1.82) is 0 Å². The van der Waals surface area contributed by atoms with Crippen molar-refractivity contribution < 1.29 is 18.7 Å². The summed E-state index contributed by atoms with van der Waals surface area (Å²) < 4.78 is 22.0. The van der Waals surface area contributed by atoms with E-state index < -0.39 is 5.60 Å². The first-order valence-electron chi connectivity index (χ1n) is 11.7. The van der Waals surface area contributed by atoms with Crippen molar-refractivity contribution in [2.45, 2.75) is 43.7 Å². The van der Waals surface area contributed by atoms with Crippen LogP contribution in [0.25, 0.3) is 16.7 Å². The summed E-state index contributed by atoms with van der Waals surface area (Å²) in [5.74, 6) is 0.616. The number of aromatic nitrogens is 4. The van der Waals surface area contributed by atoms with E-state index in [1.54, 1.807) is 33.9 Å². The lowest BCUT2D eigenvalue weighted by Gasteiger charge is -2.38. The van der Waals surface area contributed by atoms with E-state index in [-0.39, 0.29) is 29.6 Å². The van der Waals surface area contributed by atoms with Crippen LogP contribution in [0, 0.1) is 5.82 Å². The molecular weight excluding hydrogens is 453 g/mol. The topological polar surface area (TPSA) is 106 Å². The maximum atomic E-state index is 13.3. The first kappa shape index (κ1) is 21.7. The Bertz CT molecular complexity index is 1460. The van der Waals surface area contributed by atoms with E-state index in [1.807, 2.05) is 0 Å². The number of benzene rings is 1. The number of fused-ring (bicyclic) bond motifs is 1. The summed E-state index contributed by atoms with van der Waals surface area (Å²) in [5.41, 5.74) is -0.256. The van der Waals surface area contributed by atoms with E-state index in [1.165, 1.54) is 29.2 Å². The van der Waals surface area contributed by atoms with Gasteiger partial charge in [-0.15, -0.1) is 0 Å². The number of hydrogen-bond acceptors (Lipinski definition) is 6. The second-order valence-electron chi connectivity index (χ2n) is 9.43. The quantitative estimate of drug-likeness (QED) is 0.474. The lowest BCUT2D eigenvalue weighted by atomic mass is 9.91. The summed E-state index contributed by atoms with van der Waals surface area (Å²) in [6.07, 6.45) is 7.35. The van der Waals surface area contributed by atoms with Gasteiger partial charge in [0, 0.05) is 30.9 Å². The molecule has 35 heavy (non-hydrogen) atoms. The average molecular weight is 477 g/mol. The van der Waals surface area contributed by atoms with Gasteiger partial charge in [-0.25, -0.2) is 14.4 Å². The van der Waals surface area contributed by atoms with Gasteiger partial charge in [-0.3, -0.25) is 14.2 Å². The number of nitrogens with zero attached hydrogens (tertiary/aromatic N) is 5. The van der Waals surface area contributed by atoms with Crippen molar-refractivity contribution in [3.8, 4) is 5.69 Å². The van der Waals surface area contributed by atoms with E-state index >= 15 is 0 Å². The first-order chi connectivity index (χ1) is 16.9. The molecule has 1 aliphatic heterocycles. The molecule has 0 atom stereocenters. The van der Waals surface area contributed by atoms with Gasteiger partial charge in [0.05, 0.1) is 23.7 Å². The Hall–Kier alpha value is -3.79. The first-order valence-corrected chi connectivity index (χ1v) is 11.7. The van der Waals surface area contributed by atoms with Crippen LogP contribution in [0.5, 0.6) is 0 Å². The highest BCUT2D eigenvalue weighted by atomic mass is 19.1. The molecule has 4 aromatic rings. The van der Waals surface area contributed by atoms with Crippen LogP contribution in [0.3, 0.4) is 0 Å².